The number of nitrogens with one attached hydrogen (secondary N) is 2. The molecule has 1 amide bonds. The zero-order chi connectivity index (χ0) is 17.5. The van der Waals surface area contributed by atoms with Crippen molar-refractivity contribution < 1.29 is 14.5 Å². The van der Waals surface area contributed by atoms with Gasteiger partial charge in [-0.2, -0.15) is 0 Å². The number of oxime groups is 1. The van der Waals surface area contributed by atoms with Gasteiger partial charge in [-0.1, -0.05) is 47.6 Å². The van der Waals surface area contributed by atoms with Gasteiger partial charge in [-0.05, 0) is 24.6 Å². The molecule has 0 aliphatic carbocycles. The number of nitrogens with zero attached hydrogens (tertiary/aromatic N) is 1. The zero-order valence-electron chi connectivity index (χ0n) is 14.1. The number of rotatable bonds is 7. The normalized spacial score (nSPS) is 16.0. The van der Waals surface area contributed by atoms with Gasteiger partial charge in [0.05, 0.1) is 24.4 Å². The quantitative estimate of drug-likeness (QED) is 0.760. The number of hydrogen-bond donors (Lipinski definition) is 2. The second kappa shape index (κ2) is 8.30. The molecule has 2 aromatic carbocycles. The maximum absolute atomic E-state index is 12.4. The average Bonchev–Trinajstić information content (AvgIpc) is 3.06. The van der Waals surface area contributed by atoms with Crippen LogP contribution < -0.4 is 10.8 Å². The minimum absolute atomic E-state index is 0.00884. The number of hydroxylamine groups is 1. The smallest absolute Gasteiger partial charge is 0.276 e. The van der Waals surface area contributed by atoms with Crippen LogP contribution in [0.5, 0.6) is 0 Å². The Hall–Kier alpha value is -2.86. The van der Waals surface area contributed by atoms with E-state index >= 15 is 0 Å². The lowest BCUT2D eigenvalue weighted by atomic mass is 10.1. The van der Waals surface area contributed by atoms with E-state index in [1.165, 1.54) is 0 Å². The predicted octanol–water partition coefficient (Wildman–Crippen LogP) is 3.12. The molecule has 3 rings (SSSR count). The second-order valence-corrected chi connectivity index (χ2v) is 5.89. The van der Waals surface area contributed by atoms with Crippen LogP contribution in [0.1, 0.15) is 29.3 Å². The molecule has 1 aliphatic heterocycles. The van der Waals surface area contributed by atoms with Gasteiger partial charge in [-0.3, -0.25) is 9.63 Å². The van der Waals surface area contributed by atoms with Gasteiger partial charge in [-0.15, -0.1) is 0 Å². The maximum atomic E-state index is 12.4. The van der Waals surface area contributed by atoms with E-state index in [0.717, 1.165) is 23.4 Å². The van der Waals surface area contributed by atoms with Crippen molar-refractivity contribution >= 4 is 17.3 Å². The standard InChI is InChI=1S/C19H21N3O3/c1-14-11-16(25-21-14)12-20-18-10-6-5-9-17(18)19(23)22-24-13-15-7-3-2-4-8-15/h2-10,16,20H,11-13H2,1H3,(H,22,23). The highest BCUT2D eigenvalue weighted by atomic mass is 16.7. The van der Waals surface area contributed by atoms with Crippen LogP contribution in [-0.4, -0.2) is 24.3 Å². The minimum Gasteiger partial charge on any atom is -0.390 e. The second-order valence-electron chi connectivity index (χ2n) is 5.89. The molecule has 130 valence electrons. The van der Waals surface area contributed by atoms with Crippen molar-refractivity contribution in [2.75, 3.05) is 11.9 Å². The molecule has 0 radical (unpaired) electrons. The number of anilines is 1. The summed E-state index contributed by atoms with van der Waals surface area (Å²) in [7, 11) is 0. The Morgan fingerprint density at radius 2 is 1.96 bits per heavy atom. The summed E-state index contributed by atoms with van der Waals surface area (Å²) in [5.74, 6) is -0.293. The minimum atomic E-state index is -0.293. The molecule has 0 aromatic heterocycles. The first-order chi connectivity index (χ1) is 12.2. The van der Waals surface area contributed by atoms with E-state index in [2.05, 4.69) is 16.0 Å². The number of para-hydroxylation sites is 1. The summed E-state index contributed by atoms with van der Waals surface area (Å²) in [4.78, 5) is 23.0. The van der Waals surface area contributed by atoms with E-state index in [1.54, 1.807) is 6.07 Å². The first-order valence-electron chi connectivity index (χ1n) is 8.20. The van der Waals surface area contributed by atoms with Gasteiger partial charge >= 0.3 is 0 Å². The first-order valence-corrected chi connectivity index (χ1v) is 8.20. The van der Waals surface area contributed by atoms with Gasteiger partial charge in [0, 0.05) is 12.1 Å². The Morgan fingerprint density at radius 3 is 2.72 bits per heavy atom. The molecular weight excluding hydrogens is 318 g/mol. The topological polar surface area (TPSA) is 72.0 Å². The average molecular weight is 339 g/mol. The third kappa shape index (κ3) is 4.81. The van der Waals surface area contributed by atoms with E-state index < -0.39 is 0 Å². The Morgan fingerprint density at radius 1 is 1.20 bits per heavy atom. The van der Waals surface area contributed by atoms with E-state index in [1.807, 2.05) is 55.5 Å². The van der Waals surface area contributed by atoms with Crippen LogP contribution >= 0.6 is 0 Å². The molecule has 0 saturated heterocycles. The lowest BCUT2D eigenvalue weighted by molar-refractivity contribution is 0.0234. The van der Waals surface area contributed by atoms with Gasteiger partial charge in [0.2, 0.25) is 0 Å². The molecule has 0 fully saturated rings. The van der Waals surface area contributed by atoms with Crippen molar-refractivity contribution in [1.29, 1.82) is 0 Å². The SMILES string of the molecule is CC1=NOC(CNc2ccccc2C(=O)NOCc2ccccc2)C1. The van der Waals surface area contributed by atoms with E-state index in [-0.39, 0.29) is 12.0 Å². The van der Waals surface area contributed by atoms with Crippen LogP contribution in [0.15, 0.2) is 59.8 Å². The largest absolute Gasteiger partial charge is 0.390 e. The molecule has 1 atom stereocenters. The van der Waals surface area contributed by atoms with Gasteiger partial charge in [-0.25, -0.2) is 5.48 Å². The molecule has 0 saturated carbocycles. The van der Waals surface area contributed by atoms with Crippen molar-refractivity contribution in [3.63, 3.8) is 0 Å². The molecule has 2 aromatic rings. The Kier molecular flexibility index (Phi) is 5.64. The Labute approximate surface area is 146 Å². The summed E-state index contributed by atoms with van der Waals surface area (Å²) in [6, 6.07) is 17.0. The number of amides is 1. The fraction of sp³-hybridized carbons (Fsp3) is 0.263. The van der Waals surface area contributed by atoms with Crippen molar-refractivity contribution in [3.05, 3.63) is 65.7 Å². The molecule has 0 spiro atoms. The molecular formula is C19H21N3O3. The highest BCUT2D eigenvalue weighted by molar-refractivity contribution is 5.99. The highest BCUT2D eigenvalue weighted by Gasteiger charge is 2.19. The fourth-order valence-electron chi connectivity index (χ4n) is 2.55. The fourth-order valence-corrected chi connectivity index (χ4v) is 2.55. The molecule has 1 unspecified atom stereocenters. The summed E-state index contributed by atoms with van der Waals surface area (Å²) in [5, 5.41) is 7.18. The van der Waals surface area contributed by atoms with Crippen LogP contribution in [0.25, 0.3) is 0 Å². The summed E-state index contributed by atoms with van der Waals surface area (Å²) in [6.07, 6.45) is 0.784. The van der Waals surface area contributed by atoms with Gasteiger partial charge in [0.15, 0.2) is 0 Å². The Bertz CT molecular complexity index is 747. The van der Waals surface area contributed by atoms with Crippen LogP contribution in [0.2, 0.25) is 0 Å². The van der Waals surface area contributed by atoms with Gasteiger partial charge < -0.3 is 10.2 Å². The monoisotopic (exact) mass is 339 g/mol. The van der Waals surface area contributed by atoms with Crippen LogP contribution in [0.4, 0.5) is 5.69 Å². The van der Waals surface area contributed by atoms with Crippen molar-refractivity contribution in [2.45, 2.75) is 26.1 Å². The third-order valence-corrected chi connectivity index (χ3v) is 3.82. The predicted molar refractivity (Wildman–Crippen MR) is 96.2 cm³/mol. The van der Waals surface area contributed by atoms with Crippen molar-refractivity contribution in [1.82, 2.24) is 5.48 Å². The maximum Gasteiger partial charge on any atom is 0.276 e. The van der Waals surface area contributed by atoms with E-state index in [9.17, 15) is 4.79 Å². The summed E-state index contributed by atoms with van der Waals surface area (Å²) >= 11 is 0. The molecule has 1 heterocycles. The highest BCUT2D eigenvalue weighted by Crippen LogP contribution is 2.17. The van der Waals surface area contributed by atoms with Crippen LogP contribution in [0.3, 0.4) is 0 Å². The molecule has 2 N–H and O–H groups in total. The summed E-state index contributed by atoms with van der Waals surface area (Å²) < 4.78 is 0. The van der Waals surface area contributed by atoms with Crippen LogP contribution in [0, 0.1) is 0 Å². The van der Waals surface area contributed by atoms with Crippen LogP contribution in [-0.2, 0) is 16.3 Å². The molecule has 6 heteroatoms. The van der Waals surface area contributed by atoms with Crippen molar-refractivity contribution in [2.24, 2.45) is 5.16 Å². The third-order valence-electron chi connectivity index (χ3n) is 3.82. The summed E-state index contributed by atoms with van der Waals surface area (Å²) in [6.45, 7) is 2.83. The van der Waals surface area contributed by atoms with Gasteiger partial charge in [0.25, 0.3) is 5.91 Å². The molecule has 1 aliphatic rings. The first kappa shape index (κ1) is 17.0. The number of carbonyl (C=O) groups is 1. The summed E-state index contributed by atoms with van der Waals surface area (Å²) in [5.41, 5.74) is 5.71. The number of carbonyl (C=O) groups excluding carboxylic acids is 1. The lowest BCUT2D eigenvalue weighted by Gasteiger charge is -2.14. The molecule has 25 heavy (non-hydrogen) atoms. The van der Waals surface area contributed by atoms with Crippen molar-refractivity contribution in [3.8, 4) is 0 Å². The number of benzene rings is 2. The Balaban J connectivity index is 1.53. The number of hydrogen-bond acceptors (Lipinski definition) is 5. The van der Waals surface area contributed by atoms with E-state index in [0.29, 0.717) is 18.7 Å². The molecule has 0 bridgehead atoms. The lowest BCUT2D eigenvalue weighted by Crippen LogP contribution is -2.26. The van der Waals surface area contributed by atoms with Gasteiger partial charge in [0.1, 0.15) is 6.10 Å². The molecule has 6 nitrogen and oxygen atoms in total. The van der Waals surface area contributed by atoms with E-state index in [4.69, 9.17) is 9.68 Å². The zero-order valence-corrected chi connectivity index (χ0v) is 14.1.